The molecule has 2 fully saturated rings. The van der Waals surface area contributed by atoms with Gasteiger partial charge in [0.15, 0.2) is 5.96 Å². The van der Waals surface area contributed by atoms with E-state index in [9.17, 15) is 4.79 Å². The first-order valence-electron chi connectivity index (χ1n) is 11.3. The topological polar surface area (TPSA) is 60.0 Å². The van der Waals surface area contributed by atoms with E-state index in [1.54, 1.807) is 0 Å². The van der Waals surface area contributed by atoms with E-state index < -0.39 is 0 Å². The Morgan fingerprint density at radius 2 is 1.83 bits per heavy atom. The van der Waals surface area contributed by atoms with Gasteiger partial charge in [-0.1, -0.05) is 36.8 Å². The molecule has 0 unspecified atom stereocenters. The van der Waals surface area contributed by atoms with Crippen molar-refractivity contribution in [2.75, 3.05) is 52.4 Å². The predicted molar refractivity (Wildman–Crippen MR) is 135 cm³/mol. The first-order valence-corrected chi connectivity index (χ1v) is 11.3. The highest BCUT2D eigenvalue weighted by Gasteiger charge is 2.30. The molecule has 1 amide bonds. The van der Waals surface area contributed by atoms with E-state index >= 15 is 0 Å². The van der Waals surface area contributed by atoms with Crippen LogP contribution in [0.3, 0.4) is 0 Å². The molecule has 2 aliphatic rings. The molecule has 30 heavy (non-hydrogen) atoms. The summed E-state index contributed by atoms with van der Waals surface area (Å²) in [5.74, 6) is 1.62. The van der Waals surface area contributed by atoms with E-state index in [4.69, 9.17) is 4.99 Å². The van der Waals surface area contributed by atoms with Crippen LogP contribution in [0.5, 0.6) is 0 Å². The Hall–Kier alpha value is -1.35. The van der Waals surface area contributed by atoms with Crippen molar-refractivity contribution in [2.24, 2.45) is 10.9 Å². The molecule has 1 aliphatic carbocycles. The first kappa shape index (κ1) is 24.9. The maximum absolute atomic E-state index is 12.3. The number of carbonyl (C=O) groups is 1. The van der Waals surface area contributed by atoms with Gasteiger partial charge in [0, 0.05) is 58.3 Å². The van der Waals surface area contributed by atoms with Crippen LogP contribution in [0.2, 0.25) is 0 Å². The average Bonchev–Trinajstić information content (AvgIpc) is 2.71. The van der Waals surface area contributed by atoms with Crippen LogP contribution in [0, 0.1) is 5.92 Å². The molecular weight excluding hydrogens is 489 g/mol. The van der Waals surface area contributed by atoms with Crippen molar-refractivity contribution in [2.45, 2.75) is 39.0 Å². The molecule has 2 N–H and O–H groups in total. The minimum absolute atomic E-state index is 0. The molecule has 1 aliphatic heterocycles. The van der Waals surface area contributed by atoms with E-state index in [1.807, 2.05) is 0 Å². The molecule has 3 rings (SSSR count). The Morgan fingerprint density at radius 3 is 2.47 bits per heavy atom. The van der Waals surface area contributed by atoms with Gasteiger partial charge in [-0.15, -0.1) is 24.0 Å². The summed E-state index contributed by atoms with van der Waals surface area (Å²) in [6.07, 6.45) is 5.54. The number of guanidine groups is 1. The van der Waals surface area contributed by atoms with Gasteiger partial charge < -0.3 is 15.5 Å². The maximum atomic E-state index is 12.3. The highest BCUT2D eigenvalue weighted by molar-refractivity contribution is 14.0. The lowest BCUT2D eigenvalue weighted by atomic mass is 9.84. The molecule has 0 spiro atoms. The number of benzene rings is 1. The van der Waals surface area contributed by atoms with Gasteiger partial charge in [-0.05, 0) is 38.2 Å². The van der Waals surface area contributed by atoms with Crippen LogP contribution in [0.4, 0.5) is 0 Å². The monoisotopic (exact) mass is 527 g/mol. The van der Waals surface area contributed by atoms with Crippen LogP contribution >= 0.6 is 24.0 Å². The Morgan fingerprint density at radius 1 is 1.10 bits per heavy atom. The molecule has 1 saturated heterocycles. The number of rotatable bonds is 9. The first-order chi connectivity index (χ1) is 14.3. The number of hydrogen-bond donors (Lipinski definition) is 2. The molecule has 0 aromatic heterocycles. The quantitative estimate of drug-likeness (QED) is 0.225. The highest BCUT2D eigenvalue weighted by Crippen LogP contribution is 2.28. The second-order valence-electron chi connectivity index (χ2n) is 8.07. The zero-order valence-electron chi connectivity index (χ0n) is 18.3. The standard InChI is InChI=1S/C23H37N5O.HI/c1-2-24-23(25-13-7-10-20-8-4-3-5-9-20)26-14-15-27-16-18-28(19-17-27)22(29)21-11-6-12-21;/h3-5,8-9,21H,2,6-7,10-19H2,1H3,(H2,24,25,26);1H. The molecule has 0 atom stereocenters. The van der Waals surface area contributed by atoms with E-state index in [1.165, 1.54) is 12.0 Å². The Labute approximate surface area is 198 Å². The number of hydrogen-bond acceptors (Lipinski definition) is 3. The van der Waals surface area contributed by atoms with Crippen molar-refractivity contribution in [3.05, 3.63) is 35.9 Å². The Kier molecular flexibility index (Phi) is 11.5. The molecule has 0 bridgehead atoms. The number of carbonyl (C=O) groups excluding carboxylic acids is 1. The van der Waals surface area contributed by atoms with Crippen LogP contribution < -0.4 is 10.6 Å². The summed E-state index contributed by atoms with van der Waals surface area (Å²) in [6, 6.07) is 10.6. The third-order valence-electron chi connectivity index (χ3n) is 5.94. The van der Waals surface area contributed by atoms with Gasteiger partial charge in [0.2, 0.25) is 5.91 Å². The summed E-state index contributed by atoms with van der Waals surface area (Å²) in [4.78, 5) is 21.6. The van der Waals surface area contributed by atoms with E-state index in [0.29, 0.717) is 11.8 Å². The lowest BCUT2D eigenvalue weighted by molar-refractivity contribution is -0.139. The fourth-order valence-corrected chi connectivity index (χ4v) is 3.90. The number of nitrogens with one attached hydrogen (secondary N) is 2. The van der Waals surface area contributed by atoms with Crippen molar-refractivity contribution in [1.82, 2.24) is 20.4 Å². The van der Waals surface area contributed by atoms with E-state index in [-0.39, 0.29) is 24.0 Å². The molecule has 168 valence electrons. The van der Waals surface area contributed by atoms with Crippen molar-refractivity contribution in [3.8, 4) is 0 Å². The summed E-state index contributed by atoms with van der Waals surface area (Å²) in [7, 11) is 0. The Bertz CT molecular complexity index is 642. The normalized spacial score (nSPS) is 17.8. The SMILES string of the molecule is CCNC(=NCCCc1ccccc1)NCCN1CCN(C(=O)C2CCC2)CC1.I. The second kappa shape index (κ2) is 13.9. The van der Waals surface area contributed by atoms with Crippen molar-refractivity contribution >= 4 is 35.8 Å². The van der Waals surface area contributed by atoms with Crippen LogP contribution in [-0.4, -0.2) is 74.0 Å². The lowest BCUT2D eigenvalue weighted by Crippen LogP contribution is -2.52. The van der Waals surface area contributed by atoms with Crippen molar-refractivity contribution < 1.29 is 4.79 Å². The maximum Gasteiger partial charge on any atom is 0.225 e. The van der Waals surface area contributed by atoms with Crippen molar-refractivity contribution in [1.29, 1.82) is 0 Å². The molecule has 1 saturated carbocycles. The number of aliphatic imine (C=N–C) groups is 1. The van der Waals surface area contributed by atoms with Crippen LogP contribution in [0.25, 0.3) is 0 Å². The fraction of sp³-hybridized carbons (Fsp3) is 0.652. The summed E-state index contributed by atoms with van der Waals surface area (Å²) in [5, 5.41) is 6.79. The zero-order chi connectivity index (χ0) is 20.3. The van der Waals surface area contributed by atoms with Gasteiger partial charge in [0.25, 0.3) is 0 Å². The minimum Gasteiger partial charge on any atom is -0.357 e. The average molecular weight is 527 g/mol. The van der Waals surface area contributed by atoms with Gasteiger partial charge >= 0.3 is 0 Å². The molecule has 0 radical (unpaired) electrons. The third kappa shape index (κ3) is 8.06. The van der Waals surface area contributed by atoms with E-state index in [0.717, 1.165) is 84.0 Å². The number of aryl methyl sites for hydroxylation is 1. The number of nitrogens with zero attached hydrogens (tertiary/aromatic N) is 3. The molecule has 7 heteroatoms. The summed E-state index contributed by atoms with van der Waals surface area (Å²) < 4.78 is 0. The van der Waals surface area contributed by atoms with Crippen molar-refractivity contribution in [3.63, 3.8) is 0 Å². The molecule has 1 aromatic rings. The summed E-state index contributed by atoms with van der Waals surface area (Å²) >= 11 is 0. The fourth-order valence-electron chi connectivity index (χ4n) is 3.90. The molecule has 1 aromatic carbocycles. The molecular formula is C23H38IN5O. The zero-order valence-corrected chi connectivity index (χ0v) is 20.6. The number of piperazine rings is 1. The largest absolute Gasteiger partial charge is 0.357 e. The van der Waals surface area contributed by atoms with Crippen LogP contribution in [0.15, 0.2) is 35.3 Å². The predicted octanol–water partition coefficient (Wildman–Crippen LogP) is 2.74. The highest BCUT2D eigenvalue weighted by atomic mass is 127. The Balaban J connectivity index is 0.00000320. The number of amides is 1. The summed E-state index contributed by atoms with van der Waals surface area (Å²) in [5.41, 5.74) is 1.37. The van der Waals surface area contributed by atoms with Gasteiger partial charge in [-0.2, -0.15) is 0 Å². The number of halogens is 1. The van der Waals surface area contributed by atoms with Gasteiger partial charge in [-0.3, -0.25) is 14.7 Å². The van der Waals surface area contributed by atoms with Crippen LogP contribution in [-0.2, 0) is 11.2 Å². The van der Waals surface area contributed by atoms with Crippen LogP contribution in [0.1, 0.15) is 38.2 Å². The molecule has 1 heterocycles. The van der Waals surface area contributed by atoms with E-state index in [2.05, 4.69) is 57.7 Å². The van der Waals surface area contributed by atoms with Gasteiger partial charge in [-0.25, -0.2) is 0 Å². The third-order valence-corrected chi connectivity index (χ3v) is 5.94. The molecule has 6 nitrogen and oxygen atoms in total. The summed E-state index contributed by atoms with van der Waals surface area (Å²) in [6.45, 7) is 9.36. The lowest BCUT2D eigenvalue weighted by Gasteiger charge is -2.38. The minimum atomic E-state index is 0. The smallest absolute Gasteiger partial charge is 0.225 e. The van der Waals surface area contributed by atoms with Gasteiger partial charge in [0.1, 0.15) is 0 Å². The van der Waals surface area contributed by atoms with Gasteiger partial charge in [0.05, 0.1) is 0 Å². The second-order valence-corrected chi connectivity index (χ2v) is 8.07.